The van der Waals surface area contributed by atoms with Crippen LogP contribution in [0.2, 0.25) is 0 Å². The van der Waals surface area contributed by atoms with Gasteiger partial charge in [0, 0.05) is 43.8 Å². The highest BCUT2D eigenvalue weighted by molar-refractivity contribution is 5.79. The fourth-order valence-corrected chi connectivity index (χ4v) is 3.78. The quantitative estimate of drug-likeness (QED) is 0.706. The zero-order valence-corrected chi connectivity index (χ0v) is 15.5. The van der Waals surface area contributed by atoms with Crippen LogP contribution in [0.4, 0.5) is 4.39 Å². The van der Waals surface area contributed by atoms with Crippen LogP contribution >= 0.6 is 0 Å². The van der Waals surface area contributed by atoms with E-state index in [2.05, 4.69) is 4.40 Å². The molecule has 0 saturated carbocycles. The van der Waals surface area contributed by atoms with Gasteiger partial charge in [-0.25, -0.2) is 9.37 Å². The van der Waals surface area contributed by atoms with E-state index < -0.39 is 0 Å². The first-order valence-corrected chi connectivity index (χ1v) is 9.14. The van der Waals surface area contributed by atoms with Gasteiger partial charge in [-0.1, -0.05) is 0 Å². The Morgan fingerprint density at radius 1 is 1.19 bits per heavy atom. The Hall–Kier alpha value is -2.89. The molecule has 1 aliphatic heterocycles. The van der Waals surface area contributed by atoms with Crippen LogP contribution in [0.25, 0.3) is 16.8 Å². The molecule has 1 aromatic carbocycles. The average Bonchev–Trinajstić information content (AvgIpc) is 3.07. The predicted molar refractivity (Wildman–Crippen MR) is 101 cm³/mol. The summed E-state index contributed by atoms with van der Waals surface area (Å²) in [4.78, 5) is 18.4. The maximum absolute atomic E-state index is 13.4. The van der Waals surface area contributed by atoms with Gasteiger partial charge in [0.05, 0.1) is 18.3 Å². The molecule has 0 N–H and O–H groups in total. The van der Waals surface area contributed by atoms with Gasteiger partial charge in [0.2, 0.25) is 5.91 Å². The van der Waals surface area contributed by atoms with Crippen LogP contribution in [0.3, 0.4) is 0 Å². The van der Waals surface area contributed by atoms with E-state index in [1.165, 1.54) is 12.1 Å². The van der Waals surface area contributed by atoms with E-state index in [4.69, 9.17) is 9.72 Å². The van der Waals surface area contributed by atoms with E-state index in [0.29, 0.717) is 0 Å². The number of carbonyl (C=O) groups excluding carboxylic acids is 1. The largest absolute Gasteiger partial charge is 0.497 e. The monoisotopic (exact) mass is 367 g/mol. The minimum Gasteiger partial charge on any atom is -0.497 e. The highest BCUT2D eigenvalue weighted by Crippen LogP contribution is 2.34. The summed E-state index contributed by atoms with van der Waals surface area (Å²) in [6.07, 6.45) is 3.74. The number of nitrogens with zero attached hydrogens (tertiary/aromatic N) is 3. The van der Waals surface area contributed by atoms with Gasteiger partial charge >= 0.3 is 0 Å². The van der Waals surface area contributed by atoms with Gasteiger partial charge in [-0.05, 0) is 43.2 Å². The molecule has 4 rings (SSSR count). The van der Waals surface area contributed by atoms with Gasteiger partial charge < -0.3 is 14.0 Å². The van der Waals surface area contributed by atoms with E-state index in [1.54, 1.807) is 26.2 Å². The number of benzene rings is 1. The van der Waals surface area contributed by atoms with Crippen molar-refractivity contribution in [2.45, 2.75) is 25.7 Å². The summed E-state index contributed by atoms with van der Waals surface area (Å²) in [6.45, 7) is 3.11. The van der Waals surface area contributed by atoms with Gasteiger partial charge in [-0.15, -0.1) is 0 Å². The molecule has 27 heavy (non-hydrogen) atoms. The molecule has 0 spiro atoms. The van der Waals surface area contributed by atoms with E-state index in [9.17, 15) is 9.18 Å². The molecule has 2 aromatic heterocycles. The number of rotatable bonds is 3. The number of fused-ring (bicyclic) bond motifs is 1. The molecular formula is C21H22FN3O2. The maximum Gasteiger partial charge on any atom is 0.219 e. The van der Waals surface area contributed by atoms with E-state index in [-0.39, 0.29) is 17.6 Å². The molecule has 6 heteroatoms. The molecule has 3 heterocycles. The number of pyridine rings is 1. The molecule has 3 aromatic rings. The zero-order chi connectivity index (χ0) is 19.0. The van der Waals surface area contributed by atoms with Gasteiger partial charge in [0.1, 0.15) is 17.4 Å². The first-order chi connectivity index (χ1) is 13.1. The molecule has 0 unspecified atom stereocenters. The first kappa shape index (κ1) is 17.5. The molecule has 5 nitrogen and oxygen atoms in total. The number of halogens is 1. The van der Waals surface area contributed by atoms with Crippen molar-refractivity contribution in [3.05, 3.63) is 54.2 Å². The van der Waals surface area contributed by atoms with Crippen molar-refractivity contribution in [3.8, 4) is 17.0 Å². The molecule has 0 radical (unpaired) electrons. The van der Waals surface area contributed by atoms with Gasteiger partial charge in [-0.2, -0.15) is 0 Å². The fourth-order valence-electron chi connectivity index (χ4n) is 3.78. The predicted octanol–water partition coefficient (Wildman–Crippen LogP) is 3.87. The summed E-state index contributed by atoms with van der Waals surface area (Å²) >= 11 is 0. The second-order valence-corrected chi connectivity index (χ2v) is 6.93. The molecule has 140 valence electrons. The summed E-state index contributed by atoms with van der Waals surface area (Å²) in [5, 5.41) is 0. The minimum atomic E-state index is -0.267. The third-order valence-electron chi connectivity index (χ3n) is 5.30. The Bertz CT molecular complexity index is 973. The molecule has 1 fully saturated rings. The third kappa shape index (κ3) is 3.27. The van der Waals surface area contributed by atoms with Crippen molar-refractivity contribution in [1.29, 1.82) is 0 Å². The van der Waals surface area contributed by atoms with Crippen molar-refractivity contribution in [1.82, 2.24) is 14.3 Å². The van der Waals surface area contributed by atoms with Gasteiger partial charge in [0.15, 0.2) is 0 Å². The summed E-state index contributed by atoms with van der Waals surface area (Å²) < 4.78 is 20.8. The number of amides is 1. The lowest BCUT2D eigenvalue weighted by atomic mass is 9.96. The Labute approximate surface area is 157 Å². The summed E-state index contributed by atoms with van der Waals surface area (Å²) in [5.41, 5.74) is 2.62. The number of aromatic nitrogens is 2. The van der Waals surface area contributed by atoms with Crippen LogP contribution < -0.4 is 4.74 Å². The Balaban J connectivity index is 1.77. The lowest BCUT2D eigenvalue weighted by molar-refractivity contribution is -0.129. The number of hydrogen-bond donors (Lipinski definition) is 0. The van der Waals surface area contributed by atoms with Gasteiger partial charge in [0.25, 0.3) is 0 Å². The van der Waals surface area contributed by atoms with Crippen LogP contribution in [-0.4, -0.2) is 40.4 Å². The SMILES string of the molecule is COc1ccn2c(C3CCN(C(C)=O)CC3)nc(-c3ccc(F)cc3)c2c1. The number of likely N-dealkylation sites (tertiary alicyclic amines) is 1. The van der Waals surface area contributed by atoms with Gasteiger partial charge in [-0.3, -0.25) is 4.79 Å². The molecule has 1 saturated heterocycles. The first-order valence-electron chi connectivity index (χ1n) is 9.14. The van der Waals surface area contributed by atoms with Crippen molar-refractivity contribution in [3.63, 3.8) is 0 Å². The number of methoxy groups -OCH3 is 1. The lowest BCUT2D eigenvalue weighted by Crippen LogP contribution is -2.36. The second-order valence-electron chi connectivity index (χ2n) is 6.93. The van der Waals surface area contributed by atoms with E-state index in [1.807, 2.05) is 23.2 Å². The van der Waals surface area contributed by atoms with E-state index >= 15 is 0 Å². The third-order valence-corrected chi connectivity index (χ3v) is 5.30. The number of ether oxygens (including phenoxy) is 1. The highest BCUT2D eigenvalue weighted by Gasteiger charge is 2.26. The van der Waals surface area contributed by atoms with Crippen molar-refractivity contribution < 1.29 is 13.9 Å². The molecule has 0 bridgehead atoms. The van der Waals surface area contributed by atoms with Crippen LogP contribution in [0.1, 0.15) is 31.5 Å². The van der Waals surface area contributed by atoms with Crippen LogP contribution in [-0.2, 0) is 4.79 Å². The second kappa shape index (κ2) is 7.02. The molecule has 0 atom stereocenters. The minimum absolute atomic E-state index is 0.123. The summed E-state index contributed by atoms with van der Waals surface area (Å²) in [6, 6.07) is 10.3. The maximum atomic E-state index is 13.4. The molecule has 0 aliphatic carbocycles. The summed E-state index contributed by atoms with van der Waals surface area (Å²) in [5.74, 6) is 1.87. The topological polar surface area (TPSA) is 46.8 Å². The smallest absolute Gasteiger partial charge is 0.219 e. The van der Waals surface area contributed by atoms with Crippen LogP contribution in [0.15, 0.2) is 42.6 Å². The molecule has 1 amide bonds. The van der Waals surface area contributed by atoms with Crippen molar-refractivity contribution in [2.75, 3.05) is 20.2 Å². The number of carbonyl (C=O) groups is 1. The van der Waals surface area contributed by atoms with Crippen molar-refractivity contribution >= 4 is 11.4 Å². The van der Waals surface area contributed by atoms with Crippen LogP contribution in [0, 0.1) is 5.82 Å². The van der Waals surface area contributed by atoms with Crippen molar-refractivity contribution in [2.24, 2.45) is 0 Å². The summed E-state index contributed by atoms with van der Waals surface area (Å²) in [7, 11) is 1.64. The van der Waals surface area contributed by atoms with E-state index in [0.717, 1.165) is 54.3 Å². The number of piperidine rings is 1. The van der Waals surface area contributed by atoms with Crippen LogP contribution in [0.5, 0.6) is 5.75 Å². The molecular weight excluding hydrogens is 345 g/mol. The Morgan fingerprint density at radius 3 is 2.52 bits per heavy atom. The zero-order valence-electron chi connectivity index (χ0n) is 15.5. The Morgan fingerprint density at radius 2 is 1.89 bits per heavy atom. The fraction of sp³-hybridized carbons (Fsp3) is 0.333. The average molecular weight is 367 g/mol. The highest BCUT2D eigenvalue weighted by atomic mass is 19.1. The molecule has 1 aliphatic rings. The Kier molecular flexibility index (Phi) is 4.56. The number of imidazole rings is 1. The standard InChI is InChI=1S/C21H22FN3O2/c1-14(26)24-10-7-16(8-11-24)21-23-20(15-3-5-17(22)6-4-15)19-13-18(27-2)9-12-25(19)21/h3-6,9,12-13,16H,7-8,10-11H2,1-2H3. The normalized spacial score (nSPS) is 15.3. The number of hydrogen-bond acceptors (Lipinski definition) is 3. The lowest BCUT2D eigenvalue weighted by Gasteiger charge is -2.30.